The Labute approximate surface area is 121 Å². The highest BCUT2D eigenvalue weighted by molar-refractivity contribution is 5.84. The van der Waals surface area contributed by atoms with Crippen LogP contribution in [0.3, 0.4) is 0 Å². The summed E-state index contributed by atoms with van der Waals surface area (Å²) in [7, 11) is 0. The quantitative estimate of drug-likeness (QED) is 0.911. The Kier molecular flexibility index (Phi) is 4.06. The summed E-state index contributed by atoms with van der Waals surface area (Å²) in [4.78, 5) is 14.8. The molecule has 3 heteroatoms. The van der Waals surface area contributed by atoms with Crippen LogP contribution in [0.2, 0.25) is 0 Å². The van der Waals surface area contributed by atoms with E-state index in [0.29, 0.717) is 5.91 Å². The second-order valence-corrected chi connectivity index (χ2v) is 6.19. The van der Waals surface area contributed by atoms with Gasteiger partial charge in [-0.15, -0.1) is 0 Å². The van der Waals surface area contributed by atoms with E-state index in [-0.39, 0.29) is 5.41 Å². The topological polar surface area (TPSA) is 32.3 Å². The van der Waals surface area contributed by atoms with E-state index in [4.69, 9.17) is 0 Å². The summed E-state index contributed by atoms with van der Waals surface area (Å²) < 4.78 is 0. The fraction of sp³-hybridized carbons (Fsp3) is 0.588. The van der Waals surface area contributed by atoms with Crippen LogP contribution in [-0.4, -0.2) is 37.0 Å². The van der Waals surface area contributed by atoms with Gasteiger partial charge in [0.15, 0.2) is 0 Å². The van der Waals surface area contributed by atoms with Crippen molar-refractivity contribution >= 4 is 5.91 Å². The molecule has 0 aliphatic carbocycles. The van der Waals surface area contributed by atoms with Crippen molar-refractivity contribution < 1.29 is 4.79 Å². The third-order valence-electron chi connectivity index (χ3n) is 4.80. The first-order chi connectivity index (χ1) is 9.80. The van der Waals surface area contributed by atoms with E-state index in [9.17, 15) is 4.79 Å². The number of benzene rings is 1. The zero-order chi connectivity index (χ0) is 13.8. The molecule has 3 rings (SSSR count). The number of carbonyl (C=O) groups is 1. The van der Waals surface area contributed by atoms with Crippen LogP contribution in [-0.2, 0) is 11.2 Å². The van der Waals surface area contributed by atoms with Crippen molar-refractivity contribution in [2.24, 2.45) is 5.41 Å². The summed E-state index contributed by atoms with van der Waals surface area (Å²) in [5.41, 5.74) is 1.31. The Balaban J connectivity index is 1.53. The molecule has 1 aromatic rings. The Bertz CT molecular complexity index is 451. The Hall–Kier alpha value is -1.35. The maximum atomic E-state index is 12.7. The molecule has 1 amide bonds. The van der Waals surface area contributed by atoms with Gasteiger partial charge in [-0.25, -0.2) is 0 Å². The van der Waals surface area contributed by atoms with Crippen LogP contribution in [0.4, 0.5) is 0 Å². The van der Waals surface area contributed by atoms with Crippen LogP contribution in [0.1, 0.15) is 31.2 Å². The average Bonchev–Trinajstić information content (AvgIpc) is 2.94. The molecule has 1 spiro atoms. The Morgan fingerprint density at radius 2 is 2.05 bits per heavy atom. The molecule has 2 fully saturated rings. The van der Waals surface area contributed by atoms with E-state index >= 15 is 0 Å². The summed E-state index contributed by atoms with van der Waals surface area (Å²) in [6.45, 7) is 3.76. The van der Waals surface area contributed by atoms with Gasteiger partial charge in [-0.3, -0.25) is 4.79 Å². The zero-order valence-corrected chi connectivity index (χ0v) is 12.1. The predicted octanol–water partition coefficient (Wildman–Crippen LogP) is 2.22. The van der Waals surface area contributed by atoms with Gasteiger partial charge in [-0.05, 0) is 44.2 Å². The lowest BCUT2D eigenvalue weighted by Crippen LogP contribution is -2.50. The van der Waals surface area contributed by atoms with Crippen molar-refractivity contribution in [3.8, 4) is 0 Å². The van der Waals surface area contributed by atoms with Gasteiger partial charge in [0.1, 0.15) is 0 Å². The van der Waals surface area contributed by atoms with Gasteiger partial charge in [0.05, 0.1) is 5.41 Å². The van der Waals surface area contributed by atoms with Crippen molar-refractivity contribution in [3.05, 3.63) is 35.9 Å². The lowest BCUT2D eigenvalue weighted by atomic mass is 9.78. The minimum Gasteiger partial charge on any atom is -0.342 e. The highest BCUT2D eigenvalue weighted by atomic mass is 16.2. The summed E-state index contributed by atoms with van der Waals surface area (Å²) >= 11 is 0. The number of piperidine rings is 1. The molecule has 20 heavy (non-hydrogen) atoms. The fourth-order valence-corrected chi connectivity index (χ4v) is 3.62. The molecule has 0 saturated carbocycles. The van der Waals surface area contributed by atoms with Gasteiger partial charge < -0.3 is 10.2 Å². The molecule has 108 valence electrons. The van der Waals surface area contributed by atoms with Crippen LogP contribution >= 0.6 is 0 Å². The van der Waals surface area contributed by atoms with Crippen molar-refractivity contribution in [1.29, 1.82) is 0 Å². The third-order valence-corrected chi connectivity index (χ3v) is 4.80. The van der Waals surface area contributed by atoms with E-state index in [0.717, 1.165) is 51.9 Å². The largest absolute Gasteiger partial charge is 0.342 e. The minimum absolute atomic E-state index is 0.0645. The predicted molar refractivity (Wildman–Crippen MR) is 80.5 cm³/mol. The second kappa shape index (κ2) is 5.96. The maximum Gasteiger partial charge on any atom is 0.230 e. The summed E-state index contributed by atoms with van der Waals surface area (Å²) in [5, 5.41) is 3.37. The van der Waals surface area contributed by atoms with Gasteiger partial charge in [0.2, 0.25) is 5.91 Å². The van der Waals surface area contributed by atoms with Crippen molar-refractivity contribution in [3.63, 3.8) is 0 Å². The summed E-state index contributed by atoms with van der Waals surface area (Å²) in [6.07, 6.45) is 5.41. The van der Waals surface area contributed by atoms with Gasteiger partial charge in [-0.1, -0.05) is 30.3 Å². The van der Waals surface area contributed by atoms with Crippen LogP contribution < -0.4 is 5.32 Å². The molecule has 0 unspecified atom stereocenters. The van der Waals surface area contributed by atoms with E-state index in [2.05, 4.69) is 40.5 Å². The summed E-state index contributed by atoms with van der Waals surface area (Å²) in [5.74, 6) is 0.404. The van der Waals surface area contributed by atoms with E-state index in [1.165, 1.54) is 12.0 Å². The van der Waals surface area contributed by atoms with Gasteiger partial charge in [-0.2, -0.15) is 0 Å². The highest BCUT2D eigenvalue weighted by Crippen LogP contribution is 2.36. The molecule has 1 atom stereocenters. The van der Waals surface area contributed by atoms with Crippen LogP contribution in [0.15, 0.2) is 30.3 Å². The number of likely N-dealkylation sites (tertiary alicyclic amines) is 1. The van der Waals surface area contributed by atoms with Crippen LogP contribution in [0.5, 0.6) is 0 Å². The first-order valence-corrected chi connectivity index (χ1v) is 7.84. The second-order valence-electron chi connectivity index (χ2n) is 6.19. The molecule has 2 heterocycles. The first kappa shape index (κ1) is 13.6. The molecule has 0 radical (unpaired) electrons. The lowest BCUT2D eigenvalue weighted by Gasteiger charge is -2.39. The number of amides is 1. The van der Waals surface area contributed by atoms with E-state index in [1.807, 2.05) is 0 Å². The Morgan fingerprint density at radius 1 is 1.20 bits per heavy atom. The smallest absolute Gasteiger partial charge is 0.230 e. The molecule has 2 aliphatic rings. The number of aryl methyl sites for hydroxylation is 1. The monoisotopic (exact) mass is 272 g/mol. The number of carbonyl (C=O) groups excluding carboxylic acids is 1. The Morgan fingerprint density at radius 3 is 2.80 bits per heavy atom. The molecular weight excluding hydrogens is 248 g/mol. The number of hydrogen-bond donors (Lipinski definition) is 1. The third kappa shape index (κ3) is 2.73. The van der Waals surface area contributed by atoms with E-state index < -0.39 is 0 Å². The first-order valence-electron chi connectivity index (χ1n) is 7.84. The fourth-order valence-electron chi connectivity index (χ4n) is 3.62. The maximum absolute atomic E-state index is 12.7. The molecular formula is C17H24N2O. The molecule has 0 bridgehead atoms. The van der Waals surface area contributed by atoms with Crippen molar-refractivity contribution in [2.45, 2.75) is 32.1 Å². The lowest BCUT2D eigenvalue weighted by molar-refractivity contribution is -0.145. The normalized spacial score (nSPS) is 26.4. The van der Waals surface area contributed by atoms with Crippen molar-refractivity contribution in [1.82, 2.24) is 10.2 Å². The van der Waals surface area contributed by atoms with E-state index in [1.54, 1.807) is 0 Å². The van der Waals surface area contributed by atoms with Gasteiger partial charge in [0.25, 0.3) is 0 Å². The SMILES string of the molecule is O=C1N(CCCc2ccccc2)CCC[C@@]12CCNC2. The molecule has 0 aromatic heterocycles. The molecule has 2 aliphatic heterocycles. The van der Waals surface area contributed by atoms with Crippen LogP contribution in [0, 0.1) is 5.41 Å². The van der Waals surface area contributed by atoms with Gasteiger partial charge in [0, 0.05) is 19.6 Å². The highest BCUT2D eigenvalue weighted by Gasteiger charge is 2.45. The number of rotatable bonds is 4. The molecule has 3 nitrogen and oxygen atoms in total. The molecule has 1 aromatic carbocycles. The average molecular weight is 272 g/mol. The standard InChI is InChI=1S/C17H24N2O/c20-16-17(10-11-18-14-17)9-5-13-19(16)12-4-8-15-6-2-1-3-7-15/h1-3,6-7,18H,4-5,8-14H2/t17-/m0/s1. The minimum atomic E-state index is -0.0645. The zero-order valence-electron chi connectivity index (χ0n) is 12.1. The molecule has 2 saturated heterocycles. The van der Waals surface area contributed by atoms with Crippen LogP contribution in [0.25, 0.3) is 0 Å². The number of nitrogens with zero attached hydrogens (tertiary/aromatic N) is 1. The molecule has 1 N–H and O–H groups in total. The van der Waals surface area contributed by atoms with Gasteiger partial charge >= 0.3 is 0 Å². The number of hydrogen-bond acceptors (Lipinski definition) is 2. The number of nitrogens with one attached hydrogen (secondary N) is 1. The summed E-state index contributed by atoms with van der Waals surface area (Å²) in [6, 6.07) is 10.6. The van der Waals surface area contributed by atoms with Crippen molar-refractivity contribution in [2.75, 3.05) is 26.2 Å².